The van der Waals surface area contributed by atoms with Crippen LogP contribution in [0.4, 0.5) is 4.39 Å². The van der Waals surface area contributed by atoms with Crippen molar-refractivity contribution in [1.82, 2.24) is 9.80 Å². The smallest absolute Gasteiger partial charge is 0.248 e. The molecule has 0 radical (unpaired) electrons. The van der Waals surface area contributed by atoms with E-state index in [4.69, 9.17) is 9.47 Å². The Hall–Kier alpha value is -1.66. The van der Waals surface area contributed by atoms with Gasteiger partial charge in [-0.25, -0.2) is 4.39 Å². The van der Waals surface area contributed by atoms with E-state index in [1.807, 2.05) is 4.90 Å². The number of piperidine rings is 1. The minimum atomic E-state index is -0.286. The number of amides is 1. The lowest BCUT2D eigenvalue weighted by Gasteiger charge is -2.41. The van der Waals surface area contributed by atoms with Crippen molar-refractivity contribution in [2.24, 2.45) is 0 Å². The molecule has 3 rings (SSSR count). The van der Waals surface area contributed by atoms with Crippen molar-refractivity contribution >= 4 is 5.91 Å². The van der Waals surface area contributed by atoms with Crippen LogP contribution in [0, 0.1) is 5.82 Å². The molecule has 1 aromatic carbocycles. The molecular weight excluding hydrogens is 311 g/mol. The SMILES string of the molecule is CCN1CCC(N2C[C@H](COc3ccc(F)cc3)OCC2=O)CC1. The van der Waals surface area contributed by atoms with E-state index >= 15 is 0 Å². The van der Waals surface area contributed by atoms with Crippen LogP contribution in [0.3, 0.4) is 0 Å². The third-order valence-electron chi connectivity index (χ3n) is 4.86. The van der Waals surface area contributed by atoms with Crippen LogP contribution in [-0.4, -0.2) is 67.2 Å². The summed E-state index contributed by atoms with van der Waals surface area (Å²) in [4.78, 5) is 16.6. The number of morpholine rings is 1. The normalized spacial score (nSPS) is 23.5. The Morgan fingerprint density at radius 2 is 1.96 bits per heavy atom. The fourth-order valence-electron chi connectivity index (χ4n) is 3.37. The molecule has 2 saturated heterocycles. The largest absolute Gasteiger partial charge is 0.491 e. The van der Waals surface area contributed by atoms with Gasteiger partial charge in [0.05, 0.1) is 6.54 Å². The molecular formula is C18H25FN2O3. The highest BCUT2D eigenvalue weighted by molar-refractivity contribution is 5.78. The van der Waals surface area contributed by atoms with Crippen LogP contribution in [0.25, 0.3) is 0 Å². The number of benzene rings is 1. The Labute approximate surface area is 142 Å². The van der Waals surface area contributed by atoms with Crippen LogP contribution < -0.4 is 4.74 Å². The number of carbonyl (C=O) groups is 1. The van der Waals surface area contributed by atoms with Crippen molar-refractivity contribution in [3.8, 4) is 5.75 Å². The molecule has 1 atom stereocenters. The van der Waals surface area contributed by atoms with Crippen LogP contribution in [-0.2, 0) is 9.53 Å². The standard InChI is InChI=1S/C18H25FN2O3/c1-2-20-9-7-15(8-10-20)21-11-17(24-13-18(21)22)12-23-16-5-3-14(19)4-6-16/h3-6,15,17H,2,7-13H2,1H3/t17-/m1/s1. The quantitative estimate of drug-likeness (QED) is 0.824. The van der Waals surface area contributed by atoms with Crippen molar-refractivity contribution in [1.29, 1.82) is 0 Å². The summed E-state index contributed by atoms with van der Waals surface area (Å²) in [5, 5.41) is 0. The highest BCUT2D eigenvalue weighted by atomic mass is 19.1. The van der Waals surface area contributed by atoms with Gasteiger partial charge in [-0.1, -0.05) is 6.92 Å². The number of ether oxygens (including phenoxy) is 2. The molecule has 6 heteroatoms. The number of hydrogen-bond acceptors (Lipinski definition) is 4. The minimum Gasteiger partial charge on any atom is -0.491 e. The first-order valence-electron chi connectivity index (χ1n) is 8.67. The summed E-state index contributed by atoms with van der Waals surface area (Å²) in [5.41, 5.74) is 0. The lowest BCUT2D eigenvalue weighted by Crippen LogP contribution is -2.55. The molecule has 5 nitrogen and oxygen atoms in total. The number of halogens is 1. The first-order valence-corrected chi connectivity index (χ1v) is 8.67. The predicted octanol–water partition coefficient (Wildman–Crippen LogP) is 1.92. The molecule has 0 saturated carbocycles. The van der Waals surface area contributed by atoms with Gasteiger partial charge in [-0.05, 0) is 43.7 Å². The highest BCUT2D eigenvalue weighted by Gasteiger charge is 2.33. The van der Waals surface area contributed by atoms with Crippen LogP contribution in [0.2, 0.25) is 0 Å². The monoisotopic (exact) mass is 336 g/mol. The van der Waals surface area contributed by atoms with Crippen LogP contribution in [0.1, 0.15) is 19.8 Å². The van der Waals surface area contributed by atoms with E-state index in [2.05, 4.69) is 11.8 Å². The Morgan fingerprint density at radius 3 is 2.62 bits per heavy atom. The molecule has 0 bridgehead atoms. The lowest BCUT2D eigenvalue weighted by molar-refractivity contribution is -0.155. The summed E-state index contributed by atoms with van der Waals surface area (Å²) < 4.78 is 24.2. The Bertz CT molecular complexity index is 544. The summed E-state index contributed by atoms with van der Waals surface area (Å²) >= 11 is 0. The van der Waals surface area contributed by atoms with Gasteiger partial charge in [-0.15, -0.1) is 0 Å². The molecule has 0 aromatic heterocycles. The molecule has 0 unspecified atom stereocenters. The lowest BCUT2D eigenvalue weighted by atomic mass is 10.0. The van der Waals surface area contributed by atoms with E-state index in [-0.39, 0.29) is 24.4 Å². The van der Waals surface area contributed by atoms with Gasteiger partial charge >= 0.3 is 0 Å². The number of hydrogen-bond donors (Lipinski definition) is 0. The van der Waals surface area contributed by atoms with Gasteiger partial charge in [0.15, 0.2) is 0 Å². The summed E-state index contributed by atoms with van der Waals surface area (Å²) in [6.07, 6.45) is 1.90. The van der Waals surface area contributed by atoms with Crippen LogP contribution in [0.5, 0.6) is 5.75 Å². The first-order chi connectivity index (χ1) is 11.7. The zero-order valence-electron chi connectivity index (χ0n) is 14.1. The molecule has 0 N–H and O–H groups in total. The maximum Gasteiger partial charge on any atom is 0.248 e. The van der Waals surface area contributed by atoms with Crippen LogP contribution >= 0.6 is 0 Å². The number of rotatable bonds is 5. The first kappa shape index (κ1) is 17.2. The van der Waals surface area contributed by atoms with Gasteiger partial charge in [-0.2, -0.15) is 0 Å². The summed E-state index contributed by atoms with van der Waals surface area (Å²) in [6, 6.07) is 6.24. The van der Waals surface area contributed by atoms with E-state index in [0.717, 1.165) is 32.5 Å². The predicted molar refractivity (Wildman–Crippen MR) is 88.5 cm³/mol. The minimum absolute atomic E-state index is 0.0722. The van der Waals surface area contributed by atoms with Gasteiger partial charge in [0.1, 0.15) is 30.9 Å². The molecule has 1 amide bonds. The third-order valence-corrected chi connectivity index (χ3v) is 4.86. The fraction of sp³-hybridized carbons (Fsp3) is 0.611. The Morgan fingerprint density at radius 1 is 1.25 bits per heavy atom. The van der Waals surface area contributed by atoms with Crippen molar-refractivity contribution in [2.45, 2.75) is 31.9 Å². The number of nitrogens with zero attached hydrogens (tertiary/aromatic N) is 2. The second-order valence-electron chi connectivity index (χ2n) is 6.41. The summed E-state index contributed by atoms with van der Waals surface area (Å²) in [5.74, 6) is 0.397. The van der Waals surface area contributed by atoms with E-state index in [1.54, 1.807) is 12.1 Å². The molecule has 0 spiro atoms. The van der Waals surface area contributed by atoms with E-state index in [9.17, 15) is 9.18 Å². The van der Waals surface area contributed by atoms with Gasteiger partial charge in [0.2, 0.25) is 5.91 Å². The average molecular weight is 336 g/mol. The molecule has 24 heavy (non-hydrogen) atoms. The number of carbonyl (C=O) groups excluding carboxylic acids is 1. The second-order valence-corrected chi connectivity index (χ2v) is 6.41. The van der Waals surface area contributed by atoms with Gasteiger partial charge < -0.3 is 19.3 Å². The maximum absolute atomic E-state index is 12.9. The van der Waals surface area contributed by atoms with E-state index in [1.165, 1.54) is 12.1 Å². The molecule has 2 aliphatic rings. The molecule has 0 aliphatic carbocycles. The van der Waals surface area contributed by atoms with Crippen molar-refractivity contribution < 1.29 is 18.7 Å². The maximum atomic E-state index is 12.9. The van der Waals surface area contributed by atoms with Crippen molar-refractivity contribution in [3.63, 3.8) is 0 Å². The van der Waals surface area contributed by atoms with Gasteiger partial charge in [0, 0.05) is 19.1 Å². The van der Waals surface area contributed by atoms with Gasteiger partial charge in [-0.3, -0.25) is 4.79 Å². The summed E-state index contributed by atoms with van der Waals surface area (Å²) in [6.45, 7) is 6.37. The van der Waals surface area contributed by atoms with Crippen molar-refractivity contribution in [3.05, 3.63) is 30.1 Å². The molecule has 2 heterocycles. The number of likely N-dealkylation sites (tertiary alicyclic amines) is 1. The molecule has 132 valence electrons. The van der Waals surface area contributed by atoms with Crippen LogP contribution in [0.15, 0.2) is 24.3 Å². The zero-order chi connectivity index (χ0) is 16.9. The van der Waals surface area contributed by atoms with E-state index < -0.39 is 0 Å². The fourth-order valence-corrected chi connectivity index (χ4v) is 3.37. The topological polar surface area (TPSA) is 42.0 Å². The third kappa shape index (κ3) is 4.24. The Balaban J connectivity index is 1.51. The molecule has 2 aliphatic heterocycles. The Kier molecular flexibility index (Phi) is 5.68. The average Bonchev–Trinajstić information content (AvgIpc) is 2.62. The molecule has 1 aromatic rings. The zero-order valence-corrected chi connectivity index (χ0v) is 14.1. The molecule has 2 fully saturated rings. The second kappa shape index (κ2) is 7.94. The van der Waals surface area contributed by atoms with Gasteiger partial charge in [0.25, 0.3) is 0 Å². The van der Waals surface area contributed by atoms with E-state index in [0.29, 0.717) is 24.9 Å². The van der Waals surface area contributed by atoms with Crippen molar-refractivity contribution in [2.75, 3.05) is 39.4 Å². The summed E-state index contributed by atoms with van der Waals surface area (Å²) in [7, 11) is 0. The highest BCUT2D eigenvalue weighted by Crippen LogP contribution is 2.20.